The normalized spacial score (nSPS) is 24.2. The molecule has 2 rings (SSSR count). The molecule has 2 atom stereocenters. The van der Waals surface area contributed by atoms with Gasteiger partial charge in [0, 0.05) is 13.1 Å². The van der Waals surface area contributed by atoms with Crippen LogP contribution < -0.4 is 5.32 Å². The summed E-state index contributed by atoms with van der Waals surface area (Å²) in [7, 11) is 0. The van der Waals surface area contributed by atoms with Gasteiger partial charge in [0.25, 0.3) is 0 Å². The van der Waals surface area contributed by atoms with Crippen molar-refractivity contribution in [3.05, 3.63) is 30.1 Å². The molecule has 0 saturated carbocycles. The fraction of sp³-hybridized carbons (Fsp3) is 0.500. The highest BCUT2D eigenvalue weighted by atomic mass is 19.1. The SMILES string of the molecule is CC1CN(CC(=O)Nc2ccccc2F)CC(C)O1. The van der Waals surface area contributed by atoms with E-state index >= 15 is 0 Å². The molecular weight excluding hydrogens is 247 g/mol. The van der Waals surface area contributed by atoms with Crippen molar-refractivity contribution in [2.75, 3.05) is 25.0 Å². The van der Waals surface area contributed by atoms with Crippen molar-refractivity contribution < 1.29 is 13.9 Å². The molecule has 1 amide bonds. The summed E-state index contributed by atoms with van der Waals surface area (Å²) in [6, 6.07) is 6.17. The Bertz CT molecular complexity index is 443. The third-order valence-corrected chi connectivity index (χ3v) is 3.01. The largest absolute Gasteiger partial charge is 0.373 e. The molecule has 0 aromatic heterocycles. The van der Waals surface area contributed by atoms with Gasteiger partial charge >= 0.3 is 0 Å². The number of halogens is 1. The van der Waals surface area contributed by atoms with Gasteiger partial charge in [-0.25, -0.2) is 4.39 Å². The van der Waals surface area contributed by atoms with E-state index in [1.54, 1.807) is 18.2 Å². The van der Waals surface area contributed by atoms with Crippen LogP contribution in [0.1, 0.15) is 13.8 Å². The third-order valence-electron chi connectivity index (χ3n) is 3.01. The number of benzene rings is 1. The van der Waals surface area contributed by atoms with Crippen LogP contribution in [0, 0.1) is 5.82 Å². The molecule has 4 nitrogen and oxygen atoms in total. The Hall–Kier alpha value is -1.46. The van der Waals surface area contributed by atoms with E-state index in [1.165, 1.54) is 6.07 Å². The molecule has 2 unspecified atom stereocenters. The van der Waals surface area contributed by atoms with E-state index in [2.05, 4.69) is 5.32 Å². The number of hydrogen-bond donors (Lipinski definition) is 1. The maximum absolute atomic E-state index is 13.4. The second-order valence-electron chi connectivity index (χ2n) is 4.98. The maximum Gasteiger partial charge on any atom is 0.238 e. The smallest absolute Gasteiger partial charge is 0.238 e. The zero-order valence-corrected chi connectivity index (χ0v) is 11.2. The summed E-state index contributed by atoms with van der Waals surface area (Å²) >= 11 is 0. The zero-order valence-electron chi connectivity index (χ0n) is 11.2. The highest BCUT2D eigenvalue weighted by Crippen LogP contribution is 2.13. The molecule has 1 aliphatic rings. The van der Waals surface area contributed by atoms with Crippen LogP contribution in [0.15, 0.2) is 24.3 Å². The van der Waals surface area contributed by atoms with Crippen LogP contribution in [-0.2, 0) is 9.53 Å². The van der Waals surface area contributed by atoms with Gasteiger partial charge in [0.15, 0.2) is 0 Å². The van der Waals surface area contributed by atoms with E-state index < -0.39 is 5.82 Å². The molecule has 5 heteroatoms. The average Bonchev–Trinajstić information content (AvgIpc) is 2.30. The Kier molecular flexibility index (Phi) is 4.50. The minimum absolute atomic E-state index is 0.116. The standard InChI is InChI=1S/C14H19FN2O2/c1-10-7-17(8-11(2)19-10)9-14(18)16-13-6-4-3-5-12(13)15/h3-6,10-11H,7-9H2,1-2H3,(H,16,18). The first-order valence-electron chi connectivity index (χ1n) is 6.47. The molecule has 1 aliphatic heterocycles. The summed E-state index contributed by atoms with van der Waals surface area (Å²) < 4.78 is 19.0. The van der Waals surface area contributed by atoms with Crippen LogP contribution in [0.25, 0.3) is 0 Å². The van der Waals surface area contributed by atoms with Crippen LogP contribution in [0.3, 0.4) is 0 Å². The molecule has 1 N–H and O–H groups in total. The molecule has 0 aliphatic carbocycles. The van der Waals surface area contributed by atoms with Crippen molar-refractivity contribution in [3.8, 4) is 0 Å². The van der Waals surface area contributed by atoms with Crippen molar-refractivity contribution >= 4 is 11.6 Å². The number of carbonyl (C=O) groups is 1. The van der Waals surface area contributed by atoms with Crippen molar-refractivity contribution in [1.82, 2.24) is 4.90 Å². The average molecular weight is 266 g/mol. The Morgan fingerprint density at radius 2 is 2.00 bits per heavy atom. The predicted molar refractivity (Wildman–Crippen MR) is 71.5 cm³/mol. The van der Waals surface area contributed by atoms with E-state index in [9.17, 15) is 9.18 Å². The Balaban J connectivity index is 1.89. The molecule has 1 heterocycles. The molecule has 19 heavy (non-hydrogen) atoms. The second kappa shape index (κ2) is 6.12. The van der Waals surface area contributed by atoms with E-state index in [1.807, 2.05) is 18.7 Å². The summed E-state index contributed by atoms with van der Waals surface area (Å²) in [5.41, 5.74) is 0.224. The van der Waals surface area contributed by atoms with Gasteiger partial charge in [0.2, 0.25) is 5.91 Å². The second-order valence-corrected chi connectivity index (χ2v) is 4.98. The summed E-state index contributed by atoms with van der Waals surface area (Å²) in [5.74, 6) is -0.619. The van der Waals surface area contributed by atoms with Gasteiger partial charge in [0.05, 0.1) is 24.4 Å². The van der Waals surface area contributed by atoms with Crippen molar-refractivity contribution in [1.29, 1.82) is 0 Å². The van der Waals surface area contributed by atoms with Gasteiger partial charge in [0.1, 0.15) is 5.82 Å². The molecule has 1 aromatic rings. The quantitative estimate of drug-likeness (QED) is 0.908. The number of morpholine rings is 1. The monoisotopic (exact) mass is 266 g/mol. The topological polar surface area (TPSA) is 41.6 Å². The van der Waals surface area contributed by atoms with Crippen LogP contribution >= 0.6 is 0 Å². The molecule has 0 bridgehead atoms. The van der Waals surface area contributed by atoms with Gasteiger partial charge in [-0.2, -0.15) is 0 Å². The lowest BCUT2D eigenvalue weighted by Gasteiger charge is -2.34. The van der Waals surface area contributed by atoms with Crippen molar-refractivity contribution in [2.24, 2.45) is 0 Å². The van der Waals surface area contributed by atoms with Gasteiger partial charge < -0.3 is 10.1 Å². The lowest BCUT2D eigenvalue weighted by Crippen LogP contribution is -2.48. The Morgan fingerprint density at radius 3 is 2.63 bits per heavy atom. The summed E-state index contributed by atoms with van der Waals surface area (Å²) in [4.78, 5) is 13.9. The lowest BCUT2D eigenvalue weighted by atomic mass is 10.2. The van der Waals surface area contributed by atoms with Gasteiger partial charge in [-0.15, -0.1) is 0 Å². The molecule has 0 radical (unpaired) electrons. The molecule has 0 spiro atoms. The number of hydrogen-bond acceptors (Lipinski definition) is 3. The van der Waals surface area contributed by atoms with Crippen molar-refractivity contribution in [3.63, 3.8) is 0 Å². The van der Waals surface area contributed by atoms with Crippen molar-refractivity contribution in [2.45, 2.75) is 26.1 Å². The number of anilines is 1. The summed E-state index contributed by atoms with van der Waals surface area (Å²) in [6.45, 7) is 5.66. The Morgan fingerprint density at radius 1 is 1.37 bits per heavy atom. The number of nitrogens with one attached hydrogen (secondary N) is 1. The fourth-order valence-electron chi connectivity index (χ4n) is 2.37. The van der Waals surface area contributed by atoms with Gasteiger partial charge in [-0.1, -0.05) is 12.1 Å². The predicted octanol–water partition coefficient (Wildman–Crippen LogP) is 1.87. The van der Waals surface area contributed by atoms with Crippen LogP contribution in [-0.4, -0.2) is 42.6 Å². The van der Waals surface area contributed by atoms with Gasteiger partial charge in [-0.05, 0) is 26.0 Å². The first-order chi connectivity index (χ1) is 9.04. The highest BCUT2D eigenvalue weighted by Gasteiger charge is 2.23. The fourth-order valence-corrected chi connectivity index (χ4v) is 2.37. The first-order valence-corrected chi connectivity index (χ1v) is 6.47. The van der Waals surface area contributed by atoms with E-state index in [0.29, 0.717) is 0 Å². The van der Waals surface area contributed by atoms with Crippen LogP contribution in [0.2, 0.25) is 0 Å². The number of para-hydroxylation sites is 1. The molecule has 1 saturated heterocycles. The van der Waals surface area contributed by atoms with Crippen LogP contribution in [0.4, 0.5) is 10.1 Å². The molecule has 1 aromatic carbocycles. The molecular formula is C14H19FN2O2. The number of amides is 1. The number of nitrogens with zero attached hydrogens (tertiary/aromatic N) is 1. The number of rotatable bonds is 3. The van der Waals surface area contributed by atoms with E-state index in [0.717, 1.165) is 13.1 Å². The first kappa shape index (κ1) is 14.0. The number of ether oxygens (including phenoxy) is 1. The third kappa shape index (κ3) is 4.01. The molecule has 104 valence electrons. The lowest BCUT2D eigenvalue weighted by molar-refractivity contribution is -0.121. The summed E-state index contributed by atoms with van der Waals surface area (Å²) in [5, 5.41) is 2.59. The highest BCUT2D eigenvalue weighted by molar-refractivity contribution is 5.92. The van der Waals surface area contributed by atoms with Gasteiger partial charge in [-0.3, -0.25) is 9.69 Å². The molecule has 1 fully saturated rings. The minimum atomic E-state index is -0.417. The number of carbonyl (C=O) groups excluding carboxylic acids is 1. The zero-order chi connectivity index (χ0) is 13.8. The van der Waals surface area contributed by atoms with E-state index in [4.69, 9.17) is 4.74 Å². The Labute approximate surface area is 112 Å². The minimum Gasteiger partial charge on any atom is -0.373 e. The van der Waals surface area contributed by atoms with Crippen LogP contribution in [0.5, 0.6) is 0 Å². The maximum atomic E-state index is 13.4. The summed E-state index contributed by atoms with van der Waals surface area (Å²) in [6.07, 6.45) is 0.232. The van der Waals surface area contributed by atoms with E-state index in [-0.39, 0.29) is 30.3 Å².